The van der Waals surface area contributed by atoms with Gasteiger partial charge in [0.05, 0.1) is 12.1 Å². The third-order valence-electron chi connectivity index (χ3n) is 3.62. The first kappa shape index (κ1) is 13.4. The van der Waals surface area contributed by atoms with Crippen molar-refractivity contribution in [1.29, 1.82) is 0 Å². The SMILES string of the molecule is Cc1cccc2c(CC(=O)O)c(-c3ccccc3F)[nH]c12. The van der Waals surface area contributed by atoms with Crippen LogP contribution in [0.3, 0.4) is 0 Å². The number of fused-ring (bicyclic) bond motifs is 1. The van der Waals surface area contributed by atoms with Crippen molar-refractivity contribution in [1.82, 2.24) is 4.98 Å². The zero-order valence-corrected chi connectivity index (χ0v) is 11.5. The number of carbonyl (C=O) groups is 1. The molecule has 3 nitrogen and oxygen atoms in total. The normalized spacial score (nSPS) is 11.0. The minimum absolute atomic E-state index is 0.146. The van der Waals surface area contributed by atoms with Crippen molar-refractivity contribution >= 4 is 16.9 Å². The molecule has 0 radical (unpaired) electrons. The van der Waals surface area contributed by atoms with Crippen molar-refractivity contribution in [2.24, 2.45) is 0 Å². The first-order valence-corrected chi connectivity index (χ1v) is 6.65. The average Bonchev–Trinajstić information content (AvgIpc) is 2.79. The number of aliphatic carboxylic acids is 1. The topological polar surface area (TPSA) is 53.1 Å². The summed E-state index contributed by atoms with van der Waals surface area (Å²) in [5.74, 6) is -1.30. The number of benzene rings is 2. The Morgan fingerprint density at radius 1 is 1.19 bits per heavy atom. The highest BCUT2D eigenvalue weighted by Gasteiger charge is 2.18. The van der Waals surface area contributed by atoms with Crippen LogP contribution in [0, 0.1) is 12.7 Å². The predicted octanol–water partition coefficient (Wildman–Crippen LogP) is 3.91. The monoisotopic (exact) mass is 283 g/mol. The molecular formula is C17H14FNO2. The maximum atomic E-state index is 14.1. The largest absolute Gasteiger partial charge is 0.481 e. The van der Waals surface area contributed by atoms with E-state index in [2.05, 4.69) is 4.98 Å². The summed E-state index contributed by atoms with van der Waals surface area (Å²) in [6, 6.07) is 12.1. The number of carboxylic acids is 1. The molecule has 0 unspecified atom stereocenters. The Morgan fingerprint density at radius 3 is 2.67 bits per heavy atom. The Kier molecular flexibility index (Phi) is 3.22. The predicted molar refractivity (Wildman–Crippen MR) is 79.8 cm³/mol. The van der Waals surface area contributed by atoms with Crippen LogP contribution in [-0.2, 0) is 11.2 Å². The van der Waals surface area contributed by atoms with E-state index in [1.165, 1.54) is 6.07 Å². The van der Waals surface area contributed by atoms with Crippen molar-refractivity contribution < 1.29 is 14.3 Å². The van der Waals surface area contributed by atoms with Gasteiger partial charge in [0, 0.05) is 16.5 Å². The first-order valence-electron chi connectivity index (χ1n) is 6.65. The van der Waals surface area contributed by atoms with Gasteiger partial charge in [-0.1, -0.05) is 30.3 Å². The molecule has 2 aromatic carbocycles. The van der Waals surface area contributed by atoms with E-state index < -0.39 is 5.97 Å². The molecule has 1 heterocycles. The number of para-hydroxylation sites is 1. The molecule has 1 aromatic heterocycles. The highest BCUT2D eigenvalue weighted by atomic mass is 19.1. The van der Waals surface area contributed by atoms with Gasteiger partial charge in [-0.25, -0.2) is 4.39 Å². The molecule has 0 saturated heterocycles. The Balaban J connectivity index is 2.33. The smallest absolute Gasteiger partial charge is 0.307 e. The Labute approximate surface area is 121 Å². The van der Waals surface area contributed by atoms with Crippen molar-refractivity contribution in [3.05, 3.63) is 59.4 Å². The number of rotatable bonds is 3. The second-order valence-corrected chi connectivity index (χ2v) is 5.03. The van der Waals surface area contributed by atoms with Crippen LogP contribution in [0.5, 0.6) is 0 Å². The summed E-state index contributed by atoms with van der Waals surface area (Å²) < 4.78 is 14.1. The molecule has 4 heteroatoms. The third kappa shape index (κ3) is 2.29. The van der Waals surface area contributed by atoms with E-state index in [4.69, 9.17) is 5.11 Å². The van der Waals surface area contributed by atoms with E-state index in [0.29, 0.717) is 16.8 Å². The molecule has 21 heavy (non-hydrogen) atoms. The van der Waals surface area contributed by atoms with E-state index in [9.17, 15) is 9.18 Å². The van der Waals surface area contributed by atoms with Gasteiger partial charge >= 0.3 is 5.97 Å². The summed E-state index contributed by atoms with van der Waals surface area (Å²) in [6.07, 6.45) is -0.146. The van der Waals surface area contributed by atoms with Crippen LogP contribution >= 0.6 is 0 Å². The summed E-state index contributed by atoms with van der Waals surface area (Å²) >= 11 is 0. The first-order chi connectivity index (χ1) is 10.1. The molecule has 0 amide bonds. The fraction of sp³-hybridized carbons (Fsp3) is 0.118. The van der Waals surface area contributed by atoms with Gasteiger partial charge in [0.25, 0.3) is 0 Å². The summed E-state index contributed by atoms with van der Waals surface area (Å²) in [5.41, 5.74) is 3.41. The van der Waals surface area contributed by atoms with Crippen molar-refractivity contribution in [3.63, 3.8) is 0 Å². The summed E-state index contributed by atoms with van der Waals surface area (Å²) in [4.78, 5) is 14.3. The number of carboxylic acid groups (broad SMARTS) is 1. The minimum Gasteiger partial charge on any atom is -0.481 e. The summed E-state index contributed by atoms with van der Waals surface area (Å²) in [5, 5.41) is 9.98. The van der Waals surface area contributed by atoms with Crippen LogP contribution in [-0.4, -0.2) is 16.1 Å². The highest BCUT2D eigenvalue weighted by molar-refractivity contribution is 5.95. The minimum atomic E-state index is -0.935. The molecular weight excluding hydrogens is 269 g/mol. The number of nitrogens with one attached hydrogen (secondary N) is 1. The molecule has 0 atom stereocenters. The Bertz CT molecular complexity index is 836. The lowest BCUT2D eigenvalue weighted by atomic mass is 10.0. The fourth-order valence-electron chi connectivity index (χ4n) is 2.65. The molecule has 2 N–H and O–H groups in total. The molecule has 3 aromatic rings. The van der Waals surface area contributed by atoms with Gasteiger partial charge in [0.15, 0.2) is 0 Å². The quantitative estimate of drug-likeness (QED) is 0.765. The number of H-pyrrole nitrogens is 1. The molecule has 0 bridgehead atoms. The number of aromatic nitrogens is 1. The molecule has 106 valence electrons. The second-order valence-electron chi connectivity index (χ2n) is 5.03. The van der Waals surface area contributed by atoms with Crippen molar-refractivity contribution in [2.45, 2.75) is 13.3 Å². The second kappa shape index (κ2) is 5.05. The maximum absolute atomic E-state index is 14.1. The third-order valence-corrected chi connectivity index (χ3v) is 3.62. The van der Waals surface area contributed by atoms with Crippen molar-refractivity contribution in [3.8, 4) is 11.3 Å². The zero-order chi connectivity index (χ0) is 15.0. The van der Waals surface area contributed by atoms with Crippen LogP contribution in [0.4, 0.5) is 4.39 Å². The van der Waals surface area contributed by atoms with Crippen LogP contribution in [0.2, 0.25) is 0 Å². The lowest BCUT2D eigenvalue weighted by Crippen LogP contribution is -2.01. The lowest BCUT2D eigenvalue weighted by Gasteiger charge is -2.04. The van der Waals surface area contributed by atoms with E-state index >= 15 is 0 Å². The van der Waals surface area contributed by atoms with Gasteiger partial charge in [-0.05, 0) is 30.2 Å². The molecule has 0 aliphatic carbocycles. The van der Waals surface area contributed by atoms with Gasteiger partial charge in [-0.3, -0.25) is 4.79 Å². The average molecular weight is 283 g/mol. The Morgan fingerprint density at radius 2 is 1.95 bits per heavy atom. The number of aryl methyl sites for hydroxylation is 1. The molecule has 0 saturated carbocycles. The van der Waals surface area contributed by atoms with Crippen LogP contribution in [0.25, 0.3) is 22.2 Å². The number of hydrogen-bond acceptors (Lipinski definition) is 1. The summed E-state index contributed by atoms with van der Waals surface area (Å²) in [7, 11) is 0. The number of aromatic amines is 1. The van der Waals surface area contributed by atoms with Gasteiger partial charge in [-0.15, -0.1) is 0 Å². The van der Waals surface area contributed by atoms with Gasteiger partial charge in [-0.2, -0.15) is 0 Å². The molecule has 0 aliphatic rings. The van der Waals surface area contributed by atoms with Crippen molar-refractivity contribution in [2.75, 3.05) is 0 Å². The van der Waals surface area contributed by atoms with Gasteiger partial charge in [0.1, 0.15) is 5.82 Å². The van der Waals surface area contributed by atoms with E-state index in [-0.39, 0.29) is 12.2 Å². The fourth-order valence-corrected chi connectivity index (χ4v) is 2.65. The molecule has 0 fully saturated rings. The van der Waals surface area contributed by atoms with Crippen LogP contribution in [0.15, 0.2) is 42.5 Å². The van der Waals surface area contributed by atoms with E-state index in [1.807, 2.05) is 25.1 Å². The Hall–Kier alpha value is -2.62. The summed E-state index contributed by atoms with van der Waals surface area (Å²) in [6.45, 7) is 1.94. The van der Waals surface area contributed by atoms with Gasteiger partial charge < -0.3 is 10.1 Å². The molecule has 3 rings (SSSR count). The van der Waals surface area contributed by atoms with Gasteiger partial charge in [0.2, 0.25) is 0 Å². The zero-order valence-electron chi connectivity index (χ0n) is 11.5. The van der Waals surface area contributed by atoms with E-state index in [0.717, 1.165) is 16.5 Å². The molecule has 0 aliphatic heterocycles. The van der Waals surface area contributed by atoms with E-state index in [1.54, 1.807) is 18.2 Å². The number of hydrogen-bond donors (Lipinski definition) is 2. The highest BCUT2D eigenvalue weighted by Crippen LogP contribution is 2.33. The standard InChI is InChI=1S/C17H14FNO2/c1-10-5-4-7-11-13(9-15(20)21)17(19-16(10)11)12-6-2-3-8-14(12)18/h2-8,19H,9H2,1H3,(H,20,21). The number of halogens is 1. The maximum Gasteiger partial charge on any atom is 0.307 e. The lowest BCUT2D eigenvalue weighted by molar-refractivity contribution is -0.136. The van der Waals surface area contributed by atoms with Crippen LogP contribution in [0.1, 0.15) is 11.1 Å². The molecule has 0 spiro atoms. The van der Waals surface area contributed by atoms with Crippen LogP contribution < -0.4 is 0 Å².